The van der Waals surface area contributed by atoms with Gasteiger partial charge in [-0.25, -0.2) is 0 Å². The van der Waals surface area contributed by atoms with Gasteiger partial charge in [-0.3, -0.25) is 9.59 Å². The van der Waals surface area contributed by atoms with Crippen molar-refractivity contribution in [1.82, 2.24) is 0 Å². The average Bonchev–Trinajstić information content (AvgIpc) is 0.729. The molecule has 0 unspecified atom stereocenters. The van der Waals surface area contributed by atoms with Crippen molar-refractivity contribution in [1.29, 1.82) is 0 Å². The molecule has 544 valence electrons. The van der Waals surface area contributed by atoms with E-state index in [1.54, 1.807) is 0 Å². The lowest BCUT2D eigenvalue weighted by Crippen LogP contribution is -2.35. The van der Waals surface area contributed by atoms with Gasteiger partial charge in [0.15, 0.2) is 11.6 Å². The quantitative estimate of drug-likeness (QED) is 0.0565. The van der Waals surface area contributed by atoms with Crippen LogP contribution < -0.4 is 31.8 Å². The van der Waals surface area contributed by atoms with Gasteiger partial charge >= 0.3 is 0 Å². The summed E-state index contributed by atoms with van der Waals surface area (Å²) in [5.74, 6) is 4.23. The molecule has 0 heterocycles. The maximum Gasteiger partial charge on any atom is 0.195 e. The minimum absolute atomic E-state index is 0.0878. The van der Waals surface area contributed by atoms with Crippen LogP contribution in [0.25, 0.3) is 22.3 Å². The van der Waals surface area contributed by atoms with Crippen molar-refractivity contribution < 1.29 is 9.59 Å². The second kappa shape index (κ2) is 32.0. The van der Waals surface area contributed by atoms with Crippen LogP contribution in [-0.2, 0) is 0 Å². The van der Waals surface area contributed by atoms with Crippen LogP contribution in [0.5, 0.6) is 0 Å². The molecule has 0 amide bonds. The lowest BCUT2D eigenvalue weighted by Gasteiger charge is -2.37. The zero-order chi connectivity index (χ0) is 75.6. The Labute approximate surface area is 623 Å². The minimum atomic E-state index is -1.18. The van der Waals surface area contributed by atoms with Crippen LogP contribution in [0.3, 0.4) is 0 Å². The van der Waals surface area contributed by atoms with Gasteiger partial charge in [0.05, 0.1) is 0 Å². The number of rotatable bonds is 24. The topological polar surface area (TPSA) is 34.1 Å². The second-order valence-electron chi connectivity index (χ2n) is 35.5. The number of hydrogen-bond donors (Lipinski definition) is 0. The predicted octanol–water partition coefficient (Wildman–Crippen LogP) is 27.3. The van der Waals surface area contributed by atoms with Crippen molar-refractivity contribution in [3.8, 4) is 22.3 Å². The fourth-order valence-corrected chi connectivity index (χ4v) is 24.4. The lowest BCUT2D eigenvalue weighted by molar-refractivity contribution is 0.0980. The molecular weight excluding hydrogens is 1270 g/mol. The number of ketones is 2. The summed E-state index contributed by atoms with van der Waals surface area (Å²) >= 11 is 0. The number of carbonyl (C=O) groups excluding carboxylic acids is 2. The summed E-state index contributed by atoms with van der Waals surface area (Å²) < 4.78 is 0. The molecule has 0 saturated carbocycles. The van der Waals surface area contributed by atoms with E-state index < -0.39 is 15.8 Å². The third-order valence-electron chi connectivity index (χ3n) is 22.3. The van der Waals surface area contributed by atoms with E-state index in [0.29, 0.717) is 93.3 Å². The van der Waals surface area contributed by atoms with Crippen LogP contribution in [0.2, 0.25) is 0 Å². The van der Waals surface area contributed by atoms with Crippen LogP contribution in [-0.4, -0.2) is 11.6 Å². The first-order valence-corrected chi connectivity index (χ1v) is 42.4. The molecule has 8 aromatic carbocycles. The first-order valence-electron chi connectivity index (χ1n) is 39.8. The molecule has 0 fully saturated rings. The molecule has 1 aliphatic carbocycles. The normalized spacial score (nSPS) is 13.2. The number of fused-ring (bicyclic) bond motifs is 2. The standard InChI is InChI=1S/C98H130O2P2/c1-51(2)67-39-77(55(9)10)93(78(40-67)56(11)12)101(94-79(57(13)14)41-68(52(3)4)42-80(94)58(15)16)97-85(63(25)26)47-71(48-86(97)64(27)28)73-35-33-37-75-89(73)91(99)76-38-34-36-74(90(76)92(75)100)72-49-87(65(29)30)98(88(50-72)66(31)32)102(95-81(59(17)18)43-69(53(5)6)44-82(95)60(19)20)96-83(61(21)22)45-70(54(7)8)46-84(96)62(23)24/h33-66H,1-32H3. The molecule has 0 aliphatic heterocycles. The second-order valence-corrected chi connectivity index (χ2v) is 39.5. The zero-order valence-electron chi connectivity index (χ0n) is 69.3. The van der Waals surface area contributed by atoms with Crippen LogP contribution in [0.1, 0.15) is 437 Å². The molecule has 0 atom stereocenters. The molecule has 1 aliphatic rings. The first kappa shape index (κ1) is 80.1. The van der Waals surface area contributed by atoms with Crippen molar-refractivity contribution in [2.75, 3.05) is 0 Å². The summed E-state index contributed by atoms with van der Waals surface area (Å²) in [6.07, 6.45) is 0. The summed E-state index contributed by atoms with van der Waals surface area (Å²) in [5.41, 5.74) is 28.3. The molecule has 102 heavy (non-hydrogen) atoms. The Kier molecular flexibility index (Phi) is 25.1. The van der Waals surface area contributed by atoms with Gasteiger partial charge in [-0.2, -0.15) is 0 Å². The van der Waals surface area contributed by atoms with E-state index in [4.69, 9.17) is 0 Å². The Morgan fingerprint density at radius 1 is 0.196 bits per heavy atom. The molecule has 8 aromatic rings. The van der Waals surface area contributed by atoms with Crippen molar-refractivity contribution in [2.24, 2.45) is 0 Å². The number of hydrogen-bond acceptors (Lipinski definition) is 2. The monoisotopic (exact) mass is 1400 g/mol. The van der Waals surface area contributed by atoms with E-state index in [1.807, 2.05) is 24.3 Å². The van der Waals surface area contributed by atoms with Gasteiger partial charge in [-0.05, 0) is 254 Å². The third kappa shape index (κ3) is 15.4. The van der Waals surface area contributed by atoms with Gasteiger partial charge in [-0.1, -0.05) is 331 Å². The van der Waals surface area contributed by atoms with Crippen LogP contribution >= 0.6 is 15.8 Å². The summed E-state index contributed by atoms with van der Waals surface area (Å²) in [6, 6.07) is 42.6. The van der Waals surface area contributed by atoms with Gasteiger partial charge in [-0.15, -0.1) is 0 Å². The van der Waals surface area contributed by atoms with E-state index in [-0.39, 0.29) is 35.2 Å². The van der Waals surface area contributed by atoms with E-state index in [2.05, 4.69) is 306 Å². The highest BCUT2D eigenvalue weighted by molar-refractivity contribution is 7.81. The van der Waals surface area contributed by atoms with Crippen molar-refractivity contribution >= 4 is 59.2 Å². The molecule has 0 N–H and O–H groups in total. The Bertz CT molecular complexity index is 3820. The number of benzene rings is 8. The molecule has 0 bridgehead atoms. The van der Waals surface area contributed by atoms with Crippen LogP contribution in [0.15, 0.2) is 109 Å². The summed E-state index contributed by atoms with van der Waals surface area (Å²) in [6.45, 7) is 76.4. The SMILES string of the molecule is CC(C)c1cc(C(C)C)c(P(c2c(C(C)C)cc(-c3cccc4c3C(=O)c3cccc(-c5cc(C(C)C)c(P(c6c(C(C)C)cc(C(C)C)cc6C(C)C)c6c(C(C)C)cc(C(C)C)cc6C(C)C)c(C(C)C)c5)c3C4=O)cc2C(C)C)c2c(C(C)C)cc(C(C)C)cc2C(C)C)c(C(C)C)c1. The third-order valence-corrected chi connectivity index (χ3v) is 28.1. The largest absolute Gasteiger partial charge is 0.289 e. The van der Waals surface area contributed by atoms with Gasteiger partial charge in [0.1, 0.15) is 0 Å². The maximum absolute atomic E-state index is 16.3. The molecule has 4 heteroatoms. The Morgan fingerprint density at radius 3 is 0.490 bits per heavy atom. The molecule has 9 rings (SSSR count). The summed E-state index contributed by atoms with van der Waals surface area (Å²) in [4.78, 5) is 32.6. The fraction of sp³-hybridized carbons (Fsp3) is 0.490. The Hall–Kier alpha value is -6.04. The molecule has 0 aromatic heterocycles. The smallest absolute Gasteiger partial charge is 0.195 e. The highest BCUT2D eigenvalue weighted by Gasteiger charge is 2.41. The average molecular weight is 1400 g/mol. The van der Waals surface area contributed by atoms with Gasteiger partial charge in [0.2, 0.25) is 0 Å². The highest BCUT2D eigenvalue weighted by Crippen LogP contribution is 2.53. The zero-order valence-corrected chi connectivity index (χ0v) is 71.1. The minimum Gasteiger partial charge on any atom is -0.289 e. The predicted molar refractivity (Wildman–Crippen MR) is 453 cm³/mol. The maximum atomic E-state index is 16.3. The summed E-state index contributed by atoms with van der Waals surface area (Å²) in [7, 11) is -2.37. The van der Waals surface area contributed by atoms with Gasteiger partial charge in [0.25, 0.3) is 0 Å². The lowest BCUT2D eigenvalue weighted by atomic mass is 9.77. The van der Waals surface area contributed by atoms with E-state index in [9.17, 15) is 0 Å². The van der Waals surface area contributed by atoms with Crippen molar-refractivity contribution in [3.05, 3.63) is 220 Å². The van der Waals surface area contributed by atoms with Crippen molar-refractivity contribution in [3.63, 3.8) is 0 Å². The molecule has 2 nitrogen and oxygen atoms in total. The molecular formula is C98H130O2P2. The van der Waals surface area contributed by atoms with E-state index >= 15 is 9.59 Å². The Morgan fingerprint density at radius 2 is 0.343 bits per heavy atom. The van der Waals surface area contributed by atoms with Crippen molar-refractivity contribution in [2.45, 2.75) is 316 Å². The fourth-order valence-electron chi connectivity index (χ4n) is 16.0. The molecule has 0 radical (unpaired) electrons. The van der Waals surface area contributed by atoms with Gasteiger partial charge < -0.3 is 0 Å². The molecule has 0 spiro atoms. The Balaban J connectivity index is 1.34. The van der Waals surface area contributed by atoms with E-state index in [0.717, 1.165) is 22.3 Å². The van der Waals surface area contributed by atoms with E-state index in [1.165, 1.54) is 121 Å². The highest BCUT2D eigenvalue weighted by atomic mass is 31.1. The van der Waals surface area contributed by atoms with Crippen LogP contribution in [0, 0.1) is 0 Å². The molecule has 0 saturated heterocycles. The first-order chi connectivity index (χ1) is 47.7. The van der Waals surface area contributed by atoms with Crippen LogP contribution in [0.4, 0.5) is 0 Å². The summed E-state index contributed by atoms with van der Waals surface area (Å²) in [5, 5.41) is 9.00. The number of carbonyl (C=O) groups is 2. The van der Waals surface area contributed by atoms with Gasteiger partial charge in [0, 0.05) is 22.3 Å².